The predicted molar refractivity (Wildman–Crippen MR) is 111 cm³/mol. The van der Waals surface area contributed by atoms with Crippen LogP contribution in [0, 0.1) is 0 Å². The van der Waals surface area contributed by atoms with Crippen LogP contribution in [0.3, 0.4) is 0 Å². The largest absolute Gasteiger partial charge is 0.493 e. The van der Waals surface area contributed by atoms with Gasteiger partial charge in [-0.3, -0.25) is 14.7 Å². The maximum atomic E-state index is 12.6. The lowest BCUT2D eigenvalue weighted by atomic mass is 10.1. The standard InChI is InChI=1S/C21H21N5O4/c1-28-16-9-14(10-17(29-2)19(16)30-3)24-21-23-11-13-6-7-18(27)26(20(13)25-21)15-5-4-8-22-12-15/h4-5,8-12H,6-7H2,1-3H3,(H,23,24,25). The first kappa shape index (κ1) is 19.4. The van der Waals surface area contributed by atoms with Crippen molar-refractivity contribution in [2.45, 2.75) is 12.8 Å². The molecule has 1 aliphatic rings. The average molecular weight is 407 g/mol. The summed E-state index contributed by atoms with van der Waals surface area (Å²) in [6, 6.07) is 7.13. The van der Waals surface area contributed by atoms with Gasteiger partial charge in [0, 0.05) is 42.2 Å². The van der Waals surface area contributed by atoms with E-state index < -0.39 is 0 Å². The molecule has 30 heavy (non-hydrogen) atoms. The van der Waals surface area contributed by atoms with E-state index in [4.69, 9.17) is 14.2 Å². The molecule has 1 amide bonds. The lowest BCUT2D eigenvalue weighted by Gasteiger charge is -2.28. The van der Waals surface area contributed by atoms with Crippen LogP contribution in [0.1, 0.15) is 12.0 Å². The highest BCUT2D eigenvalue weighted by Crippen LogP contribution is 2.40. The third kappa shape index (κ3) is 3.57. The summed E-state index contributed by atoms with van der Waals surface area (Å²) in [6.07, 6.45) is 6.02. The molecule has 3 heterocycles. The smallest absolute Gasteiger partial charge is 0.233 e. The van der Waals surface area contributed by atoms with Crippen molar-refractivity contribution in [2.75, 3.05) is 31.5 Å². The monoisotopic (exact) mass is 407 g/mol. The van der Waals surface area contributed by atoms with E-state index in [0.29, 0.717) is 53.2 Å². The average Bonchev–Trinajstić information content (AvgIpc) is 2.78. The number of benzene rings is 1. The maximum Gasteiger partial charge on any atom is 0.233 e. The second-order valence-corrected chi connectivity index (χ2v) is 6.52. The van der Waals surface area contributed by atoms with Crippen molar-refractivity contribution in [3.8, 4) is 17.2 Å². The summed E-state index contributed by atoms with van der Waals surface area (Å²) >= 11 is 0. The number of carbonyl (C=O) groups is 1. The molecule has 0 bridgehead atoms. The summed E-state index contributed by atoms with van der Waals surface area (Å²) in [6.45, 7) is 0. The van der Waals surface area contributed by atoms with Crippen molar-refractivity contribution >= 4 is 29.0 Å². The number of methoxy groups -OCH3 is 3. The molecular formula is C21H21N5O4. The highest BCUT2D eigenvalue weighted by atomic mass is 16.5. The van der Waals surface area contributed by atoms with Crippen LogP contribution in [0.15, 0.2) is 42.9 Å². The molecule has 9 nitrogen and oxygen atoms in total. The molecule has 1 aromatic carbocycles. The van der Waals surface area contributed by atoms with Crippen LogP contribution in [-0.2, 0) is 11.2 Å². The zero-order valence-electron chi connectivity index (χ0n) is 16.9. The van der Waals surface area contributed by atoms with Gasteiger partial charge in [-0.1, -0.05) is 0 Å². The molecule has 154 valence electrons. The molecule has 4 rings (SSSR count). The van der Waals surface area contributed by atoms with E-state index in [1.807, 2.05) is 6.07 Å². The number of amides is 1. The van der Waals surface area contributed by atoms with Gasteiger partial charge < -0.3 is 19.5 Å². The normalized spacial score (nSPS) is 12.9. The van der Waals surface area contributed by atoms with Crippen molar-refractivity contribution in [2.24, 2.45) is 0 Å². The van der Waals surface area contributed by atoms with Crippen LogP contribution in [0.5, 0.6) is 17.2 Å². The van der Waals surface area contributed by atoms with Crippen LogP contribution >= 0.6 is 0 Å². The summed E-state index contributed by atoms with van der Waals surface area (Å²) < 4.78 is 16.1. The van der Waals surface area contributed by atoms with Gasteiger partial charge in [-0.25, -0.2) is 4.98 Å². The van der Waals surface area contributed by atoms with E-state index in [-0.39, 0.29) is 5.91 Å². The maximum absolute atomic E-state index is 12.6. The van der Waals surface area contributed by atoms with Gasteiger partial charge in [0.2, 0.25) is 17.6 Å². The first-order valence-corrected chi connectivity index (χ1v) is 9.30. The van der Waals surface area contributed by atoms with Crippen molar-refractivity contribution < 1.29 is 19.0 Å². The first-order valence-electron chi connectivity index (χ1n) is 9.30. The number of anilines is 4. The van der Waals surface area contributed by atoms with Crippen LogP contribution < -0.4 is 24.4 Å². The number of carbonyl (C=O) groups excluding carboxylic acids is 1. The van der Waals surface area contributed by atoms with Gasteiger partial charge in [-0.15, -0.1) is 0 Å². The van der Waals surface area contributed by atoms with E-state index in [9.17, 15) is 4.79 Å². The van der Waals surface area contributed by atoms with Crippen LogP contribution in [0.2, 0.25) is 0 Å². The Morgan fingerprint density at radius 1 is 1.03 bits per heavy atom. The van der Waals surface area contributed by atoms with E-state index in [1.165, 1.54) is 0 Å². The highest BCUT2D eigenvalue weighted by molar-refractivity contribution is 6.02. The zero-order chi connectivity index (χ0) is 21.1. The summed E-state index contributed by atoms with van der Waals surface area (Å²) in [4.78, 5) is 27.3. The SMILES string of the molecule is COc1cc(Nc2ncc3c(n2)N(c2cccnc2)C(=O)CC3)cc(OC)c1OC. The number of nitrogens with zero attached hydrogens (tertiary/aromatic N) is 4. The van der Waals surface area contributed by atoms with Crippen molar-refractivity contribution in [1.82, 2.24) is 15.0 Å². The Kier molecular flexibility index (Phi) is 5.34. The number of nitrogens with one attached hydrogen (secondary N) is 1. The zero-order valence-corrected chi connectivity index (χ0v) is 16.9. The van der Waals surface area contributed by atoms with Gasteiger partial charge in [-0.2, -0.15) is 4.98 Å². The first-order chi connectivity index (χ1) is 14.6. The lowest BCUT2D eigenvalue weighted by molar-refractivity contribution is -0.118. The number of aromatic nitrogens is 3. The number of hydrogen-bond donors (Lipinski definition) is 1. The molecule has 1 aliphatic heterocycles. The Morgan fingerprint density at radius 2 is 1.80 bits per heavy atom. The van der Waals surface area contributed by atoms with E-state index in [0.717, 1.165) is 5.56 Å². The van der Waals surface area contributed by atoms with E-state index in [1.54, 1.807) is 63.0 Å². The number of pyridine rings is 1. The number of hydrogen-bond acceptors (Lipinski definition) is 8. The molecule has 0 saturated heterocycles. The number of aryl methyl sites for hydroxylation is 1. The van der Waals surface area contributed by atoms with Crippen molar-refractivity contribution in [1.29, 1.82) is 0 Å². The number of rotatable bonds is 6. The summed E-state index contributed by atoms with van der Waals surface area (Å²) in [5, 5.41) is 3.15. The van der Waals surface area contributed by atoms with Gasteiger partial charge in [0.05, 0.1) is 33.2 Å². The second kappa shape index (κ2) is 8.24. The number of fused-ring (bicyclic) bond motifs is 1. The Bertz CT molecular complexity index is 1050. The minimum atomic E-state index is -0.0343. The highest BCUT2D eigenvalue weighted by Gasteiger charge is 2.28. The molecule has 1 N–H and O–H groups in total. The summed E-state index contributed by atoms with van der Waals surface area (Å²) in [7, 11) is 4.64. The van der Waals surface area contributed by atoms with Gasteiger partial charge in [0.25, 0.3) is 0 Å². The van der Waals surface area contributed by atoms with E-state index in [2.05, 4.69) is 20.3 Å². The second-order valence-electron chi connectivity index (χ2n) is 6.52. The number of ether oxygens (including phenoxy) is 3. The Hall–Kier alpha value is -3.88. The van der Waals surface area contributed by atoms with Crippen molar-refractivity contribution in [3.05, 3.63) is 48.4 Å². The molecule has 0 saturated carbocycles. The van der Waals surface area contributed by atoms with Crippen LogP contribution in [0.4, 0.5) is 23.1 Å². The minimum Gasteiger partial charge on any atom is -0.493 e. The fourth-order valence-electron chi connectivity index (χ4n) is 3.33. The molecule has 0 spiro atoms. The molecule has 0 unspecified atom stereocenters. The van der Waals surface area contributed by atoms with Gasteiger partial charge in [0.15, 0.2) is 11.5 Å². The van der Waals surface area contributed by atoms with Crippen LogP contribution in [0.25, 0.3) is 0 Å². The molecule has 0 fully saturated rings. The van der Waals surface area contributed by atoms with Gasteiger partial charge >= 0.3 is 0 Å². The van der Waals surface area contributed by atoms with E-state index >= 15 is 0 Å². The van der Waals surface area contributed by atoms with Crippen LogP contribution in [-0.4, -0.2) is 42.2 Å². The Balaban J connectivity index is 1.71. The third-order valence-corrected chi connectivity index (χ3v) is 4.74. The quantitative estimate of drug-likeness (QED) is 0.665. The minimum absolute atomic E-state index is 0.0343. The van der Waals surface area contributed by atoms with Gasteiger partial charge in [0.1, 0.15) is 5.82 Å². The topological polar surface area (TPSA) is 98.7 Å². The molecule has 0 aliphatic carbocycles. The lowest BCUT2D eigenvalue weighted by Crippen LogP contribution is -2.32. The molecular weight excluding hydrogens is 386 g/mol. The summed E-state index contributed by atoms with van der Waals surface area (Å²) in [5.41, 5.74) is 2.22. The molecule has 9 heteroatoms. The summed E-state index contributed by atoms with van der Waals surface area (Å²) in [5.74, 6) is 2.35. The molecule has 3 aromatic rings. The third-order valence-electron chi connectivity index (χ3n) is 4.74. The van der Waals surface area contributed by atoms with Gasteiger partial charge in [-0.05, 0) is 18.6 Å². The fraction of sp³-hybridized carbons (Fsp3) is 0.238. The molecule has 0 atom stereocenters. The van der Waals surface area contributed by atoms with Crippen molar-refractivity contribution in [3.63, 3.8) is 0 Å². The fourth-order valence-corrected chi connectivity index (χ4v) is 3.33. The predicted octanol–water partition coefficient (Wildman–Crippen LogP) is 3.25. The Morgan fingerprint density at radius 3 is 2.43 bits per heavy atom. The molecule has 2 aromatic heterocycles. The Labute approximate surface area is 173 Å². The molecule has 0 radical (unpaired) electrons.